The van der Waals surface area contributed by atoms with Crippen molar-refractivity contribution in [3.63, 3.8) is 0 Å². The first kappa shape index (κ1) is 7.75. The Bertz CT molecular complexity index is 79.1. The van der Waals surface area contributed by atoms with Crippen LogP contribution in [0.4, 0.5) is 0 Å². The monoisotopic (exact) mass is 241 g/mol. The molecule has 1 unspecified atom stereocenters. The van der Waals surface area contributed by atoms with Crippen molar-refractivity contribution in [2.45, 2.75) is 6.42 Å². The molecule has 0 bridgehead atoms. The number of halogens is 1. The first-order chi connectivity index (χ1) is 4.36. The van der Waals surface area contributed by atoms with Crippen LogP contribution in [0.3, 0.4) is 0 Å². The number of likely N-dealkylation sites (tertiary alicyclic amines) is 1. The molecule has 1 saturated heterocycles. The third kappa shape index (κ3) is 2.05. The maximum Gasteiger partial charge on any atom is 0.0505 e. The lowest BCUT2D eigenvalue weighted by molar-refractivity contribution is 0.227. The lowest BCUT2D eigenvalue weighted by Crippen LogP contribution is -2.19. The summed E-state index contributed by atoms with van der Waals surface area (Å²) in [6.07, 6.45) is 1.18. The number of hydrogen-bond acceptors (Lipinski definition) is 2. The summed E-state index contributed by atoms with van der Waals surface area (Å²) in [4.78, 5) is 2.36. The molecule has 0 aromatic rings. The van der Waals surface area contributed by atoms with Gasteiger partial charge in [-0.15, -0.1) is 0 Å². The van der Waals surface area contributed by atoms with E-state index in [-0.39, 0.29) is 0 Å². The number of alkyl halides is 1. The van der Waals surface area contributed by atoms with Crippen LogP contribution in [0.25, 0.3) is 0 Å². The molecule has 1 N–H and O–H groups in total. The number of aliphatic hydroxyl groups is 1. The van der Waals surface area contributed by atoms with Gasteiger partial charge >= 0.3 is 0 Å². The highest BCUT2D eigenvalue weighted by atomic mass is 127. The second kappa shape index (κ2) is 3.73. The Morgan fingerprint density at radius 2 is 2.44 bits per heavy atom. The molecule has 1 aliphatic heterocycles. The topological polar surface area (TPSA) is 23.5 Å². The number of nitrogens with zero attached hydrogens (tertiary/aromatic N) is 1. The lowest BCUT2D eigenvalue weighted by atomic mass is 10.1. The summed E-state index contributed by atoms with van der Waals surface area (Å²) < 4.78 is 1.11. The maximum absolute atomic E-state index is 8.75. The van der Waals surface area contributed by atoms with Crippen molar-refractivity contribution >= 4 is 22.6 Å². The quantitative estimate of drug-likeness (QED) is 0.437. The first-order valence-corrected chi connectivity index (χ1v) is 4.78. The van der Waals surface area contributed by atoms with Crippen molar-refractivity contribution in [1.82, 2.24) is 4.90 Å². The molecule has 0 aromatic heterocycles. The fourth-order valence-corrected chi connectivity index (χ4v) is 1.79. The van der Waals surface area contributed by atoms with Gasteiger partial charge in [0, 0.05) is 13.2 Å². The van der Waals surface area contributed by atoms with E-state index in [4.69, 9.17) is 5.11 Å². The van der Waals surface area contributed by atoms with E-state index in [2.05, 4.69) is 27.5 Å². The minimum absolute atomic E-state index is 0.368. The molecule has 1 aliphatic rings. The van der Waals surface area contributed by atoms with Crippen LogP contribution >= 0.6 is 22.6 Å². The van der Waals surface area contributed by atoms with Crippen LogP contribution in [0.5, 0.6) is 0 Å². The molecule has 54 valence electrons. The van der Waals surface area contributed by atoms with Crippen LogP contribution in [0, 0.1) is 5.92 Å². The Morgan fingerprint density at radius 1 is 1.67 bits per heavy atom. The Morgan fingerprint density at radius 3 is 2.78 bits per heavy atom. The zero-order chi connectivity index (χ0) is 6.69. The molecule has 1 heterocycles. The smallest absolute Gasteiger partial charge is 0.0505 e. The van der Waals surface area contributed by atoms with E-state index < -0.39 is 0 Å². The highest BCUT2D eigenvalue weighted by Gasteiger charge is 2.19. The fraction of sp³-hybridized carbons (Fsp3) is 1.00. The molecular weight excluding hydrogens is 229 g/mol. The Labute approximate surface area is 69.4 Å². The largest absolute Gasteiger partial charge is 0.396 e. The molecule has 1 fully saturated rings. The van der Waals surface area contributed by atoms with E-state index >= 15 is 0 Å². The zero-order valence-corrected chi connectivity index (χ0v) is 7.54. The molecule has 0 aliphatic carbocycles. The van der Waals surface area contributed by atoms with Crippen LogP contribution in [0.2, 0.25) is 0 Å². The van der Waals surface area contributed by atoms with E-state index in [1.165, 1.54) is 13.0 Å². The molecule has 1 rings (SSSR count). The van der Waals surface area contributed by atoms with Gasteiger partial charge in [-0.05, 0) is 18.9 Å². The summed E-state index contributed by atoms with van der Waals surface area (Å²) in [6.45, 7) is 2.64. The lowest BCUT2D eigenvalue weighted by Gasteiger charge is -2.09. The Kier molecular flexibility index (Phi) is 3.21. The van der Waals surface area contributed by atoms with Gasteiger partial charge < -0.3 is 5.11 Å². The van der Waals surface area contributed by atoms with Gasteiger partial charge in [0.1, 0.15) is 0 Å². The molecule has 3 heteroatoms. The van der Waals surface area contributed by atoms with Gasteiger partial charge in [0.25, 0.3) is 0 Å². The van der Waals surface area contributed by atoms with Crippen molar-refractivity contribution in [1.29, 1.82) is 0 Å². The normalized spacial score (nSPS) is 29.3. The van der Waals surface area contributed by atoms with Gasteiger partial charge in [0.15, 0.2) is 0 Å². The minimum Gasteiger partial charge on any atom is -0.396 e. The molecule has 0 spiro atoms. The van der Waals surface area contributed by atoms with Gasteiger partial charge in [-0.1, -0.05) is 22.6 Å². The molecule has 0 amide bonds. The minimum atomic E-state index is 0.368. The third-order valence-electron chi connectivity index (χ3n) is 1.80. The number of hydrogen-bond donors (Lipinski definition) is 1. The summed E-state index contributed by atoms with van der Waals surface area (Å²) in [7, 11) is 0. The van der Waals surface area contributed by atoms with E-state index in [1.807, 2.05) is 0 Å². The zero-order valence-electron chi connectivity index (χ0n) is 5.39. The molecule has 9 heavy (non-hydrogen) atoms. The molecule has 1 atom stereocenters. The maximum atomic E-state index is 8.75. The molecule has 0 radical (unpaired) electrons. The van der Waals surface area contributed by atoms with Crippen LogP contribution in [0.1, 0.15) is 6.42 Å². The van der Waals surface area contributed by atoms with Crippen molar-refractivity contribution in [2.24, 2.45) is 5.92 Å². The number of rotatable bonds is 2. The van der Waals surface area contributed by atoms with E-state index in [0.29, 0.717) is 12.5 Å². The van der Waals surface area contributed by atoms with E-state index in [0.717, 1.165) is 11.1 Å². The number of aliphatic hydroxyl groups excluding tert-OH is 1. The van der Waals surface area contributed by atoms with Crippen molar-refractivity contribution < 1.29 is 5.11 Å². The second-order valence-electron chi connectivity index (χ2n) is 2.53. The van der Waals surface area contributed by atoms with Crippen LogP contribution in [0.15, 0.2) is 0 Å². The van der Waals surface area contributed by atoms with Crippen molar-refractivity contribution in [3.8, 4) is 0 Å². The van der Waals surface area contributed by atoms with Crippen LogP contribution in [-0.2, 0) is 0 Å². The summed E-state index contributed by atoms with van der Waals surface area (Å²) in [5, 5.41) is 8.75. The molecule has 2 nitrogen and oxygen atoms in total. The van der Waals surface area contributed by atoms with Crippen molar-refractivity contribution in [2.75, 3.05) is 24.2 Å². The third-order valence-corrected chi connectivity index (χ3v) is 2.76. The Balaban J connectivity index is 2.20. The van der Waals surface area contributed by atoms with Gasteiger partial charge in [-0.2, -0.15) is 0 Å². The fourth-order valence-electron chi connectivity index (χ4n) is 1.17. The average molecular weight is 241 g/mol. The first-order valence-electron chi connectivity index (χ1n) is 3.26. The SMILES string of the molecule is OCC1CCN(CI)C1. The average Bonchev–Trinajstić information content (AvgIpc) is 2.34. The van der Waals surface area contributed by atoms with E-state index in [1.54, 1.807) is 0 Å². The van der Waals surface area contributed by atoms with E-state index in [9.17, 15) is 0 Å². The van der Waals surface area contributed by atoms with Gasteiger partial charge in [-0.3, -0.25) is 4.90 Å². The second-order valence-corrected chi connectivity index (χ2v) is 3.22. The summed E-state index contributed by atoms with van der Waals surface area (Å²) in [5.41, 5.74) is 0. The predicted octanol–water partition coefficient (Wildman–Crippen LogP) is 0.693. The summed E-state index contributed by atoms with van der Waals surface area (Å²) in [6, 6.07) is 0. The molecule has 0 aromatic carbocycles. The predicted molar refractivity (Wildman–Crippen MR) is 45.7 cm³/mol. The molecule has 0 saturated carbocycles. The summed E-state index contributed by atoms with van der Waals surface area (Å²) >= 11 is 2.36. The van der Waals surface area contributed by atoms with Crippen molar-refractivity contribution in [3.05, 3.63) is 0 Å². The molecular formula is C6H12INO. The summed E-state index contributed by atoms with van der Waals surface area (Å²) in [5.74, 6) is 0.555. The highest BCUT2D eigenvalue weighted by Crippen LogP contribution is 2.15. The highest BCUT2D eigenvalue weighted by molar-refractivity contribution is 14.1. The Hall–Kier alpha value is 0.650. The van der Waals surface area contributed by atoms with Gasteiger partial charge in [0.2, 0.25) is 0 Å². The standard InChI is InChI=1S/C6H12INO/c7-5-8-2-1-6(3-8)4-9/h6,9H,1-5H2. The van der Waals surface area contributed by atoms with Gasteiger partial charge in [0.05, 0.1) is 4.55 Å². The van der Waals surface area contributed by atoms with Gasteiger partial charge in [-0.25, -0.2) is 0 Å². The van der Waals surface area contributed by atoms with Crippen LogP contribution in [-0.4, -0.2) is 34.3 Å². The van der Waals surface area contributed by atoms with Crippen LogP contribution < -0.4 is 0 Å².